The van der Waals surface area contributed by atoms with Gasteiger partial charge in [0, 0.05) is 93.1 Å². The van der Waals surface area contributed by atoms with Crippen molar-refractivity contribution in [3.63, 3.8) is 0 Å². The monoisotopic (exact) mass is 1010 g/mol. The van der Waals surface area contributed by atoms with Crippen LogP contribution in [0.15, 0.2) is 53.4 Å². The van der Waals surface area contributed by atoms with Gasteiger partial charge >= 0.3 is 6.01 Å². The van der Waals surface area contributed by atoms with Gasteiger partial charge < -0.3 is 29.3 Å². The van der Waals surface area contributed by atoms with Crippen molar-refractivity contribution in [1.29, 1.82) is 0 Å². The Morgan fingerprint density at radius 2 is 1.70 bits per heavy atom. The molecule has 13 rings (SSSR count). The van der Waals surface area contributed by atoms with E-state index in [-0.39, 0.29) is 52.7 Å². The number of halogens is 2. The Morgan fingerprint density at radius 3 is 2.43 bits per heavy atom. The summed E-state index contributed by atoms with van der Waals surface area (Å²) in [7, 11) is 0. The van der Waals surface area contributed by atoms with Crippen LogP contribution in [0.4, 0.5) is 14.6 Å². The highest BCUT2D eigenvalue weighted by molar-refractivity contribution is 6.23. The minimum absolute atomic E-state index is 0.0252. The van der Waals surface area contributed by atoms with Gasteiger partial charge in [0.1, 0.15) is 34.6 Å². The Kier molecular flexibility index (Phi) is 11.6. The Balaban J connectivity index is 0.652. The molecule has 2 N–H and O–H groups in total. The van der Waals surface area contributed by atoms with Gasteiger partial charge in [0.2, 0.25) is 11.8 Å². The zero-order valence-electron chi connectivity index (χ0n) is 42.0. The normalized spacial score (nSPS) is 26.2. The summed E-state index contributed by atoms with van der Waals surface area (Å²) in [5.74, 6) is -2.38. The number of hydrogen-bond donors (Lipinski definition) is 2. The maximum absolute atomic E-state index is 17.3. The lowest BCUT2D eigenvalue weighted by atomic mass is 9.60. The number of imide groups is 2. The number of anilines is 1. The van der Waals surface area contributed by atoms with E-state index in [1.165, 1.54) is 25.0 Å². The molecule has 2 unspecified atom stereocenters. The third-order valence-electron chi connectivity index (χ3n) is 18.4. The number of amides is 4. The lowest BCUT2D eigenvalue weighted by Gasteiger charge is -2.56. The van der Waals surface area contributed by atoms with Crippen LogP contribution < -0.4 is 15.0 Å². The second kappa shape index (κ2) is 18.0. The highest BCUT2D eigenvalue weighted by Gasteiger charge is 2.52. The van der Waals surface area contributed by atoms with E-state index in [1.54, 1.807) is 18.3 Å². The summed E-state index contributed by atoms with van der Waals surface area (Å²) in [6.45, 7) is 10.6. The summed E-state index contributed by atoms with van der Waals surface area (Å²) in [4.78, 5) is 76.9. The van der Waals surface area contributed by atoms with Crippen LogP contribution in [0.3, 0.4) is 0 Å². The molecule has 8 heterocycles. The summed E-state index contributed by atoms with van der Waals surface area (Å²) in [6, 6.07) is 5.65. The van der Waals surface area contributed by atoms with Crippen LogP contribution in [0.25, 0.3) is 32.9 Å². The number of hydrogen-bond acceptors (Lipinski definition) is 14. The molecule has 2 saturated carbocycles. The third kappa shape index (κ3) is 8.12. The van der Waals surface area contributed by atoms with Crippen LogP contribution in [-0.2, 0) is 30.3 Å². The van der Waals surface area contributed by atoms with Gasteiger partial charge in [-0.2, -0.15) is 9.97 Å². The van der Waals surface area contributed by atoms with Crippen LogP contribution >= 0.6 is 0 Å². The molecule has 4 amide bonds. The van der Waals surface area contributed by atoms with Crippen molar-refractivity contribution in [2.24, 2.45) is 10.8 Å². The molecule has 5 saturated heterocycles. The Hall–Kier alpha value is -6.11. The number of allylic oxidation sites excluding steroid dienone is 1. The maximum atomic E-state index is 17.3. The quantitative estimate of drug-likeness (QED) is 0.160. The largest absolute Gasteiger partial charge is 0.508 e. The van der Waals surface area contributed by atoms with E-state index in [1.807, 2.05) is 6.92 Å². The van der Waals surface area contributed by atoms with Gasteiger partial charge in [-0.05, 0) is 130 Å². The summed E-state index contributed by atoms with van der Waals surface area (Å²) in [6.07, 6.45) is 14.9. The predicted molar refractivity (Wildman–Crippen MR) is 270 cm³/mol. The van der Waals surface area contributed by atoms with Crippen LogP contribution in [-0.4, -0.2) is 153 Å². The average Bonchev–Trinajstić information content (AvgIpc) is 4.11. The number of benzene rings is 2. The standard InChI is InChI=1S/C56H63F2N9O7/c1-2-36-40(57)8-7-33-25-35(68)26-38(44(33)36)47-46(58)48-39(29-59-47)49(66-17-4-11-56(31-66)16-24-74-56)62-53(61-48)73-32-55(12-13-55)30-63-18-14-54(15-19-63)27-34(28-54)64-20-22-65(23-21-64)41-6-3-5-37-45(41)52(72)67(51(37)71)42-9-10-43(69)60-50(42)70/h6-8,25-26,29,34,42,68H,2-5,9-24,27-28,30-32H2,1H3,(H,60,69,70). The van der Waals surface area contributed by atoms with E-state index in [0.717, 1.165) is 115 Å². The number of phenols is 1. The van der Waals surface area contributed by atoms with Crippen molar-refractivity contribution in [2.75, 3.05) is 77.0 Å². The van der Waals surface area contributed by atoms with Gasteiger partial charge in [0.25, 0.3) is 11.8 Å². The second-order valence-corrected chi connectivity index (χ2v) is 22.9. The highest BCUT2D eigenvalue weighted by atomic mass is 19.1. The number of likely N-dealkylation sites (tertiary alicyclic amines) is 1. The van der Waals surface area contributed by atoms with E-state index in [4.69, 9.17) is 19.4 Å². The number of rotatable bonds is 11. The molecular formula is C56H63F2N9O7. The van der Waals surface area contributed by atoms with Crippen LogP contribution in [0.5, 0.6) is 11.8 Å². The first-order valence-electron chi connectivity index (χ1n) is 27.0. The molecular weight excluding hydrogens is 949 g/mol. The minimum atomic E-state index is -0.960. The molecule has 6 aliphatic heterocycles. The Morgan fingerprint density at radius 1 is 0.905 bits per heavy atom. The van der Waals surface area contributed by atoms with Crippen molar-refractivity contribution in [2.45, 2.75) is 114 Å². The first-order valence-corrected chi connectivity index (χ1v) is 27.0. The molecule has 0 radical (unpaired) electrons. The van der Waals surface area contributed by atoms with Gasteiger partial charge in [0.05, 0.1) is 29.8 Å². The Bertz CT molecular complexity index is 3090. The number of fused-ring (bicyclic) bond motifs is 2. The van der Waals surface area contributed by atoms with Crippen molar-refractivity contribution in [1.82, 2.24) is 39.9 Å². The molecule has 9 aliphatic rings. The molecule has 74 heavy (non-hydrogen) atoms. The molecule has 2 aromatic heterocycles. The number of nitrogens with zero attached hydrogens (tertiary/aromatic N) is 8. The number of aryl methyl sites for hydroxylation is 1. The van der Waals surface area contributed by atoms with Crippen molar-refractivity contribution in [3.05, 3.63) is 70.6 Å². The van der Waals surface area contributed by atoms with E-state index in [9.17, 15) is 24.3 Å². The number of nitrogens with one attached hydrogen (secondary N) is 1. The van der Waals surface area contributed by atoms with Gasteiger partial charge in [0.15, 0.2) is 5.82 Å². The lowest BCUT2D eigenvalue weighted by molar-refractivity contribution is -0.151. The first kappa shape index (κ1) is 47.6. The minimum Gasteiger partial charge on any atom is -0.508 e. The zero-order valence-corrected chi connectivity index (χ0v) is 42.0. The number of piperidine rings is 3. The average molecular weight is 1010 g/mol. The van der Waals surface area contributed by atoms with E-state index in [2.05, 4.69) is 36.0 Å². The predicted octanol–water partition coefficient (Wildman–Crippen LogP) is 6.32. The van der Waals surface area contributed by atoms with Crippen LogP contribution in [0.2, 0.25) is 0 Å². The van der Waals surface area contributed by atoms with Gasteiger partial charge in [-0.15, -0.1) is 0 Å². The maximum Gasteiger partial charge on any atom is 0.319 e. The smallest absolute Gasteiger partial charge is 0.319 e. The summed E-state index contributed by atoms with van der Waals surface area (Å²) in [5, 5.41) is 14.6. The first-order chi connectivity index (χ1) is 35.8. The number of aromatic hydroxyl groups is 1. The second-order valence-electron chi connectivity index (χ2n) is 22.9. The van der Waals surface area contributed by atoms with Gasteiger partial charge in [-0.1, -0.05) is 19.1 Å². The van der Waals surface area contributed by atoms with Crippen molar-refractivity contribution < 1.29 is 42.5 Å². The number of carbonyl (C=O) groups excluding carboxylic acids is 4. The number of aromatic nitrogens is 3. The fraction of sp³-hybridized carbons (Fsp3) is 0.554. The molecule has 7 fully saturated rings. The topological polar surface area (TPSA) is 174 Å². The molecule has 18 heteroatoms. The third-order valence-corrected chi connectivity index (χ3v) is 18.4. The molecule has 4 aromatic rings. The van der Waals surface area contributed by atoms with Crippen LogP contribution in [0.1, 0.15) is 96.0 Å². The fourth-order valence-corrected chi connectivity index (χ4v) is 13.9. The number of ether oxygens (including phenoxy) is 2. The number of carbonyl (C=O) groups is 4. The number of phenolic OH excluding ortho intramolecular Hbond substituents is 1. The Labute approximate surface area is 428 Å². The summed E-state index contributed by atoms with van der Waals surface area (Å²) in [5.41, 5.74) is 2.54. The summed E-state index contributed by atoms with van der Waals surface area (Å²) < 4.78 is 45.2. The molecule has 2 aromatic carbocycles. The van der Waals surface area contributed by atoms with Crippen molar-refractivity contribution >= 4 is 51.1 Å². The molecule has 3 aliphatic carbocycles. The fourth-order valence-electron chi connectivity index (χ4n) is 13.9. The molecule has 388 valence electrons. The van der Waals surface area contributed by atoms with Crippen LogP contribution in [0, 0.1) is 22.5 Å². The zero-order chi connectivity index (χ0) is 50.7. The van der Waals surface area contributed by atoms with E-state index < -0.39 is 35.4 Å². The summed E-state index contributed by atoms with van der Waals surface area (Å²) >= 11 is 0. The van der Waals surface area contributed by atoms with Gasteiger partial charge in [-0.25, -0.2) is 8.78 Å². The molecule has 0 bridgehead atoms. The lowest BCUT2D eigenvalue weighted by Crippen LogP contribution is -2.59. The SMILES string of the molecule is CCc1c(F)ccc2cc(O)cc(-c3ncc4c(N5CCCC6(CCO6)C5)nc(OCC5(CN6CCC7(CC6)CC(N6CCN(C8=CCCC9=C8C(=O)N(C8CCC(=O)NC8=O)C9=O)CC6)C7)CC5)nc4c3F)c12. The molecule has 2 atom stereocenters. The molecule has 16 nitrogen and oxygen atoms in total. The molecule has 2 spiro atoms. The van der Waals surface area contributed by atoms with E-state index in [0.29, 0.717) is 88.1 Å². The van der Waals surface area contributed by atoms with Gasteiger partial charge in [-0.3, -0.25) is 39.3 Å². The number of pyridine rings is 1. The van der Waals surface area contributed by atoms with E-state index >= 15 is 8.78 Å². The van der Waals surface area contributed by atoms with Crippen molar-refractivity contribution in [3.8, 4) is 23.0 Å². The number of piperazine rings is 1. The highest BCUT2D eigenvalue weighted by Crippen LogP contribution is 2.53.